The van der Waals surface area contributed by atoms with Crippen molar-refractivity contribution in [3.05, 3.63) is 18.2 Å². The first-order chi connectivity index (χ1) is 10.8. The number of rotatable bonds is 6. The van der Waals surface area contributed by atoms with Gasteiger partial charge in [-0.2, -0.15) is 0 Å². The van der Waals surface area contributed by atoms with E-state index in [0.717, 1.165) is 0 Å². The molecule has 9 heteroatoms. The summed E-state index contributed by atoms with van der Waals surface area (Å²) in [5.74, 6) is -1.26. The molecule has 0 aliphatic rings. The minimum absolute atomic E-state index is 0.129. The molecule has 0 aliphatic carbocycles. The summed E-state index contributed by atoms with van der Waals surface area (Å²) in [5.41, 5.74) is 0.322. The van der Waals surface area contributed by atoms with Crippen LogP contribution >= 0.6 is 0 Å². The first-order valence-corrected chi connectivity index (χ1v) is 8.25. The lowest BCUT2D eigenvalue weighted by molar-refractivity contribution is 0.393. The normalized spacial score (nSPS) is 11.3. The molecule has 1 heterocycles. The number of hydrogen-bond donors (Lipinski definition) is 3. The van der Waals surface area contributed by atoms with E-state index in [2.05, 4.69) is 4.72 Å². The van der Waals surface area contributed by atoms with E-state index in [4.69, 9.17) is 13.9 Å². The second-order valence-electron chi connectivity index (χ2n) is 4.53. The van der Waals surface area contributed by atoms with Gasteiger partial charge in [0.1, 0.15) is 11.5 Å². The van der Waals surface area contributed by atoms with Crippen LogP contribution in [-0.4, -0.2) is 38.6 Å². The molecule has 0 atom stereocenters. The van der Waals surface area contributed by atoms with Crippen LogP contribution < -0.4 is 14.2 Å². The highest BCUT2D eigenvalue weighted by Gasteiger charge is 2.25. The third-order valence-electron chi connectivity index (χ3n) is 3.14. The minimum atomic E-state index is -3.67. The fourth-order valence-electron chi connectivity index (χ4n) is 1.87. The fraction of sp³-hybridized carbons (Fsp3) is 0.286. The average Bonchev–Trinajstić information content (AvgIpc) is 2.82. The van der Waals surface area contributed by atoms with Gasteiger partial charge in [0, 0.05) is 6.07 Å². The van der Waals surface area contributed by atoms with Crippen molar-refractivity contribution in [3.8, 4) is 34.3 Å². The summed E-state index contributed by atoms with van der Waals surface area (Å²) in [6.45, 7) is 1.43. The van der Waals surface area contributed by atoms with E-state index >= 15 is 0 Å². The van der Waals surface area contributed by atoms with Crippen molar-refractivity contribution in [2.24, 2.45) is 0 Å². The van der Waals surface area contributed by atoms with E-state index in [-0.39, 0.29) is 11.5 Å². The Morgan fingerprint density at radius 1 is 1.17 bits per heavy atom. The zero-order chi connectivity index (χ0) is 17.2. The van der Waals surface area contributed by atoms with Gasteiger partial charge in [0.2, 0.25) is 21.5 Å². The monoisotopic (exact) mass is 343 g/mol. The number of ether oxygens (including phenoxy) is 2. The number of furan rings is 1. The van der Waals surface area contributed by atoms with E-state index in [9.17, 15) is 18.6 Å². The first kappa shape index (κ1) is 16.8. The highest BCUT2D eigenvalue weighted by atomic mass is 32.2. The van der Waals surface area contributed by atoms with Gasteiger partial charge < -0.3 is 24.1 Å². The van der Waals surface area contributed by atoms with Crippen LogP contribution in [0.15, 0.2) is 22.6 Å². The van der Waals surface area contributed by atoms with Crippen molar-refractivity contribution in [2.75, 3.05) is 24.7 Å². The maximum atomic E-state index is 11.6. The summed E-state index contributed by atoms with van der Waals surface area (Å²) in [6, 6.07) is 4.71. The third-order valence-corrected chi connectivity index (χ3v) is 4.40. The Labute approximate surface area is 133 Å². The molecule has 23 heavy (non-hydrogen) atoms. The molecule has 0 unspecified atom stereocenters. The molecule has 2 aromatic rings. The molecule has 1 aromatic carbocycles. The average molecular weight is 343 g/mol. The van der Waals surface area contributed by atoms with Crippen LogP contribution in [-0.2, 0) is 10.0 Å². The van der Waals surface area contributed by atoms with Gasteiger partial charge in [-0.1, -0.05) is 0 Å². The van der Waals surface area contributed by atoms with Crippen LogP contribution in [0, 0.1) is 0 Å². The van der Waals surface area contributed by atoms with Crippen LogP contribution in [0.3, 0.4) is 0 Å². The smallest absolute Gasteiger partial charge is 0.253 e. The Bertz CT molecular complexity index is 811. The molecule has 0 amide bonds. The number of anilines is 1. The maximum Gasteiger partial charge on any atom is 0.253 e. The van der Waals surface area contributed by atoms with Crippen LogP contribution in [0.2, 0.25) is 0 Å². The van der Waals surface area contributed by atoms with Gasteiger partial charge in [-0.05, 0) is 19.1 Å². The van der Waals surface area contributed by atoms with Gasteiger partial charge in [-0.3, -0.25) is 0 Å². The van der Waals surface area contributed by atoms with Crippen molar-refractivity contribution in [2.45, 2.75) is 6.92 Å². The van der Waals surface area contributed by atoms with Gasteiger partial charge >= 0.3 is 0 Å². The Balaban J connectivity index is 2.53. The highest BCUT2D eigenvalue weighted by molar-refractivity contribution is 7.92. The molecule has 0 saturated carbocycles. The predicted octanol–water partition coefficient (Wildman–Crippen LogP) is 2.14. The predicted molar refractivity (Wildman–Crippen MR) is 83.7 cm³/mol. The Morgan fingerprint density at radius 3 is 2.43 bits per heavy atom. The van der Waals surface area contributed by atoms with Gasteiger partial charge in [0.05, 0.1) is 25.5 Å². The summed E-state index contributed by atoms with van der Waals surface area (Å²) in [7, 11) is -0.769. The Kier molecular flexibility index (Phi) is 4.60. The molecule has 3 N–H and O–H groups in total. The maximum absolute atomic E-state index is 11.6. The highest BCUT2D eigenvalue weighted by Crippen LogP contribution is 2.48. The summed E-state index contributed by atoms with van der Waals surface area (Å²) in [4.78, 5) is 0. The van der Waals surface area contributed by atoms with Crippen molar-refractivity contribution in [1.82, 2.24) is 0 Å². The Hall–Kier alpha value is -2.55. The van der Waals surface area contributed by atoms with Gasteiger partial charge in [-0.15, -0.1) is 0 Å². The molecule has 0 fully saturated rings. The van der Waals surface area contributed by atoms with E-state index in [0.29, 0.717) is 17.1 Å². The molecule has 0 saturated heterocycles. The largest absolute Gasteiger partial charge is 0.502 e. The second kappa shape index (κ2) is 6.29. The molecule has 8 nitrogen and oxygen atoms in total. The van der Waals surface area contributed by atoms with Crippen molar-refractivity contribution < 1.29 is 32.5 Å². The Morgan fingerprint density at radius 2 is 1.87 bits per heavy atom. The molecule has 0 spiro atoms. The van der Waals surface area contributed by atoms with Crippen molar-refractivity contribution in [1.29, 1.82) is 0 Å². The van der Waals surface area contributed by atoms with E-state index in [1.54, 1.807) is 18.2 Å². The van der Waals surface area contributed by atoms with E-state index < -0.39 is 27.4 Å². The standard InChI is InChI=1S/C14H17NO7S/c1-4-23(18,19)15-14-12(17)11(16)13(22-14)9-6-5-8(20-2)7-10(9)21-3/h5-7,15-17H,4H2,1-3H3. The quantitative estimate of drug-likeness (QED) is 0.735. The molecule has 0 radical (unpaired) electrons. The summed E-state index contributed by atoms with van der Waals surface area (Å²) in [6.07, 6.45) is 0. The summed E-state index contributed by atoms with van der Waals surface area (Å²) in [5, 5.41) is 19.9. The molecule has 1 aromatic heterocycles. The summed E-state index contributed by atoms with van der Waals surface area (Å²) < 4.78 is 40.8. The molecule has 0 aliphatic heterocycles. The molecule has 2 rings (SSSR count). The fourth-order valence-corrected chi connectivity index (χ4v) is 2.43. The van der Waals surface area contributed by atoms with E-state index in [1.165, 1.54) is 21.1 Å². The molecule has 126 valence electrons. The number of methoxy groups -OCH3 is 2. The van der Waals surface area contributed by atoms with Crippen LogP contribution in [0.1, 0.15) is 6.92 Å². The topological polar surface area (TPSA) is 118 Å². The molecular formula is C14H17NO7S. The van der Waals surface area contributed by atoms with Crippen LogP contribution in [0.5, 0.6) is 23.0 Å². The van der Waals surface area contributed by atoms with Crippen molar-refractivity contribution in [3.63, 3.8) is 0 Å². The second-order valence-corrected chi connectivity index (χ2v) is 6.54. The van der Waals surface area contributed by atoms with Crippen molar-refractivity contribution >= 4 is 15.9 Å². The number of hydrogen-bond acceptors (Lipinski definition) is 7. The van der Waals surface area contributed by atoms with Crippen LogP contribution in [0.4, 0.5) is 5.88 Å². The van der Waals surface area contributed by atoms with Gasteiger partial charge in [0.25, 0.3) is 5.88 Å². The lowest BCUT2D eigenvalue weighted by atomic mass is 10.1. The number of nitrogens with one attached hydrogen (secondary N) is 1. The number of aromatic hydroxyl groups is 2. The SMILES string of the molecule is CCS(=O)(=O)Nc1oc(-c2ccc(OC)cc2OC)c(O)c1O. The lowest BCUT2D eigenvalue weighted by Crippen LogP contribution is -2.14. The number of sulfonamides is 1. The first-order valence-electron chi connectivity index (χ1n) is 6.60. The lowest BCUT2D eigenvalue weighted by Gasteiger charge is -2.08. The zero-order valence-corrected chi connectivity index (χ0v) is 13.6. The molecule has 0 bridgehead atoms. The zero-order valence-electron chi connectivity index (χ0n) is 12.8. The molecular weight excluding hydrogens is 326 g/mol. The summed E-state index contributed by atoms with van der Waals surface area (Å²) >= 11 is 0. The van der Waals surface area contributed by atoms with Crippen LogP contribution in [0.25, 0.3) is 11.3 Å². The van der Waals surface area contributed by atoms with Gasteiger partial charge in [0.15, 0.2) is 5.76 Å². The van der Waals surface area contributed by atoms with Gasteiger partial charge in [-0.25, -0.2) is 13.1 Å². The number of benzene rings is 1. The third kappa shape index (κ3) is 3.29. The minimum Gasteiger partial charge on any atom is -0.502 e. The van der Waals surface area contributed by atoms with E-state index in [1.807, 2.05) is 0 Å².